The maximum absolute atomic E-state index is 12.7. The number of benzene rings is 1. The molecular formula is C19H21N3O3S. The largest absolute Gasteiger partial charge is 0.447 e. The highest BCUT2D eigenvalue weighted by Gasteiger charge is 2.48. The third kappa shape index (κ3) is 2.61. The first-order chi connectivity index (χ1) is 12.6. The summed E-state index contributed by atoms with van der Waals surface area (Å²) in [6.45, 7) is 3.03. The molecule has 1 aliphatic carbocycles. The highest BCUT2D eigenvalue weighted by atomic mass is 32.1. The number of thiazole rings is 1. The molecule has 1 atom stereocenters. The van der Waals surface area contributed by atoms with Crippen LogP contribution in [0.1, 0.15) is 41.4 Å². The third-order valence-corrected chi connectivity index (χ3v) is 6.59. The molecule has 26 heavy (non-hydrogen) atoms. The lowest BCUT2D eigenvalue weighted by Crippen LogP contribution is -2.45. The van der Waals surface area contributed by atoms with Gasteiger partial charge in [-0.1, -0.05) is 12.1 Å². The van der Waals surface area contributed by atoms with Gasteiger partial charge in [-0.25, -0.2) is 9.78 Å². The lowest BCUT2D eigenvalue weighted by atomic mass is 10.2. The van der Waals surface area contributed by atoms with Crippen LogP contribution in [-0.2, 0) is 12.8 Å². The first kappa shape index (κ1) is 15.9. The number of hydrogen-bond donors (Lipinski definition) is 1. The standard InChI is InChI=1S/C19H21N3O3S/c1-12(17-21-13-5-4-8-16(13)26-17)20-18(23)22-10-9-19(11-22)24-14-6-2-3-7-15(14)25-19/h2-3,6-7,12H,4-5,8-11H2,1H3,(H,20,23). The number of amides is 2. The molecule has 3 heterocycles. The zero-order valence-electron chi connectivity index (χ0n) is 14.7. The molecule has 2 amide bonds. The average molecular weight is 371 g/mol. The fourth-order valence-electron chi connectivity index (χ4n) is 3.87. The smallest absolute Gasteiger partial charge is 0.318 e. The van der Waals surface area contributed by atoms with Gasteiger partial charge in [0.15, 0.2) is 11.5 Å². The minimum atomic E-state index is -0.743. The van der Waals surface area contributed by atoms with Gasteiger partial charge in [0.05, 0.1) is 18.3 Å². The number of ether oxygens (including phenoxy) is 2. The van der Waals surface area contributed by atoms with Crippen LogP contribution in [0.15, 0.2) is 24.3 Å². The Kier molecular flexibility index (Phi) is 3.60. The lowest BCUT2D eigenvalue weighted by Gasteiger charge is -2.24. The summed E-state index contributed by atoms with van der Waals surface area (Å²) in [5.41, 5.74) is 1.22. The molecule has 5 rings (SSSR count). The summed E-state index contributed by atoms with van der Waals surface area (Å²) in [6.07, 6.45) is 4.05. The highest BCUT2D eigenvalue weighted by Crippen LogP contribution is 2.42. The van der Waals surface area contributed by atoms with Gasteiger partial charge in [-0.05, 0) is 38.3 Å². The van der Waals surface area contributed by atoms with Gasteiger partial charge in [-0.15, -0.1) is 11.3 Å². The number of nitrogens with one attached hydrogen (secondary N) is 1. The van der Waals surface area contributed by atoms with Gasteiger partial charge in [-0.3, -0.25) is 0 Å². The van der Waals surface area contributed by atoms with Gasteiger partial charge in [0.1, 0.15) is 5.01 Å². The van der Waals surface area contributed by atoms with Crippen molar-refractivity contribution in [2.75, 3.05) is 13.1 Å². The molecule has 1 aromatic heterocycles. The Bertz CT molecular complexity index is 819. The van der Waals surface area contributed by atoms with Crippen molar-refractivity contribution in [2.45, 2.75) is 44.4 Å². The van der Waals surface area contributed by atoms with E-state index in [-0.39, 0.29) is 12.1 Å². The number of fused-ring (bicyclic) bond motifs is 2. The zero-order chi connectivity index (χ0) is 17.7. The predicted molar refractivity (Wildman–Crippen MR) is 97.7 cm³/mol. The van der Waals surface area contributed by atoms with E-state index < -0.39 is 5.79 Å². The summed E-state index contributed by atoms with van der Waals surface area (Å²) in [6, 6.07) is 7.47. The van der Waals surface area contributed by atoms with Crippen LogP contribution < -0.4 is 14.8 Å². The number of likely N-dealkylation sites (tertiary alicyclic amines) is 1. The second kappa shape index (κ2) is 5.87. The molecule has 1 saturated heterocycles. The Hall–Kier alpha value is -2.28. The summed E-state index contributed by atoms with van der Waals surface area (Å²) in [5, 5.41) is 4.08. The zero-order valence-corrected chi connectivity index (χ0v) is 15.5. The number of carbonyl (C=O) groups is 1. The van der Waals surface area contributed by atoms with E-state index >= 15 is 0 Å². The Labute approximate surface area is 156 Å². The number of aryl methyl sites for hydroxylation is 2. The molecule has 1 unspecified atom stereocenters. The van der Waals surface area contributed by atoms with Crippen LogP contribution in [-0.4, -0.2) is 34.8 Å². The fraction of sp³-hybridized carbons (Fsp3) is 0.474. The number of carbonyl (C=O) groups excluding carboxylic acids is 1. The van der Waals surface area contributed by atoms with E-state index in [1.54, 1.807) is 16.2 Å². The molecule has 1 N–H and O–H groups in total. The summed E-state index contributed by atoms with van der Waals surface area (Å²) in [5.74, 6) is 0.757. The molecule has 3 aliphatic rings. The van der Waals surface area contributed by atoms with Crippen LogP contribution >= 0.6 is 11.3 Å². The number of nitrogens with zero attached hydrogens (tertiary/aromatic N) is 2. The predicted octanol–water partition coefficient (Wildman–Crippen LogP) is 3.28. The van der Waals surface area contributed by atoms with Gasteiger partial charge < -0.3 is 19.7 Å². The third-order valence-electron chi connectivity index (χ3n) is 5.25. The number of hydrogen-bond acceptors (Lipinski definition) is 5. The minimum absolute atomic E-state index is 0.0859. The van der Waals surface area contributed by atoms with Crippen molar-refractivity contribution < 1.29 is 14.3 Å². The van der Waals surface area contributed by atoms with E-state index in [1.807, 2.05) is 31.2 Å². The van der Waals surface area contributed by atoms with Crippen molar-refractivity contribution in [3.8, 4) is 11.5 Å². The summed E-state index contributed by atoms with van der Waals surface area (Å²) in [4.78, 5) is 20.6. The maximum Gasteiger partial charge on any atom is 0.318 e. The summed E-state index contributed by atoms with van der Waals surface area (Å²) in [7, 11) is 0. The first-order valence-corrected chi connectivity index (χ1v) is 9.94. The van der Waals surface area contributed by atoms with Crippen LogP contribution in [0.2, 0.25) is 0 Å². The van der Waals surface area contributed by atoms with Gasteiger partial charge in [0.2, 0.25) is 0 Å². The molecule has 1 fully saturated rings. The summed E-state index contributed by atoms with van der Waals surface area (Å²) < 4.78 is 12.0. The molecular weight excluding hydrogens is 350 g/mol. The van der Waals surface area contributed by atoms with Crippen LogP contribution in [0.5, 0.6) is 11.5 Å². The maximum atomic E-state index is 12.7. The van der Waals surface area contributed by atoms with Crippen molar-refractivity contribution in [2.24, 2.45) is 0 Å². The van der Waals surface area contributed by atoms with E-state index in [0.717, 1.165) is 29.3 Å². The molecule has 0 saturated carbocycles. The molecule has 1 spiro atoms. The van der Waals surface area contributed by atoms with Crippen molar-refractivity contribution in [1.29, 1.82) is 0 Å². The average Bonchev–Trinajstić information content (AvgIpc) is 3.36. The van der Waals surface area contributed by atoms with Crippen molar-refractivity contribution >= 4 is 17.4 Å². The Morgan fingerprint density at radius 1 is 1.31 bits per heavy atom. The van der Waals surface area contributed by atoms with Crippen LogP contribution in [0, 0.1) is 0 Å². The Balaban J connectivity index is 1.23. The number of urea groups is 1. The van der Waals surface area contributed by atoms with E-state index in [0.29, 0.717) is 19.5 Å². The quantitative estimate of drug-likeness (QED) is 0.880. The van der Waals surface area contributed by atoms with E-state index in [4.69, 9.17) is 14.5 Å². The lowest BCUT2D eigenvalue weighted by molar-refractivity contribution is -0.0650. The van der Waals surface area contributed by atoms with Crippen LogP contribution in [0.4, 0.5) is 4.79 Å². The number of para-hydroxylation sites is 2. The van der Waals surface area contributed by atoms with E-state index in [2.05, 4.69) is 5.32 Å². The topological polar surface area (TPSA) is 63.7 Å². The second-order valence-electron chi connectivity index (χ2n) is 7.18. The monoisotopic (exact) mass is 371 g/mol. The van der Waals surface area contributed by atoms with Gasteiger partial charge in [-0.2, -0.15) is 0 Å². The molecule has 136 valence electrons. The normalized spacial score (nSPS) is 20.4. The minimum Gasteiger partial charge on any atom is -0.447 e. The fourth-order valence-corrected chi connectivity index (χ4v) is 5.02. The number of aromatic nitrogens is 1. The molecule has 6 nitrogen and oxygen atoms in total. The first-order valence-electron chi connectivity index (χ1n) is 9.13. The van der Waals surface area contributed by atoms with Crippen molar-refractivity contribution in [1.82, 2.24) is 15.2 Å². The highest BCUT2D eigenvalue weighted by molar-refractivity contribution is 7.11. The molecule has 1 aromatic carbocycles. The molecule has 0 bridgehead atoms. The van der Waals surface area contributed by atoms with Gasteiger partial charge >= 0.3 is 6.03 Å². The number of rotatable bonds is 2. The SMILES string of the molecule is CC(NC(=O)N1CCC2(C1)Oc1ccccc1O2)c1nc2c(s1)CCC2. The Morgan fingerprint density at radius 3 is 2.81 bits per heavy atom. The molecule has 2 aliphatic heterocycles. The van der Waals surface area contributed by atoms with Crippen LogP contribution in [0.25, 0.3) is 0 Å². The van der Waals surface area contributed by atoms with E-state index in [9.17, 15) is 4.79 Å². The van der Waals surface area contributed by atoms with Crippen molar-refractivity contribution in [3.63, 3.8) is 0 Å². The molecule has 7 heteroatoms. The van der Waals surface area contributed by atoms with Gasteiger partial charge in [0, 0.05) is 17.8 Å². The Morgan fingerprint density at radius 2 is 2.08 bits per heavy atom. The summed E-state index contributed by atoms with van der Waals surface area (Å²) >= 11 is 1.73. The van der Waals surface area contributed by atoms with E-state index in [1.165, 1.54) is 17.0 Å². The van der Waals surface area contributed by atoms with Crippen LogP contribution in [0.3, 0.4) is 0 Å². The second-order valence-corrected chi connectivity index (χ2v) is 8.30. The molecule has 0 radical (unpaired) electrons. The van der Waals surface area contributed by atoms with Crippen molar-refractivity contribution in [3.05, 3.63) is 39.8 Å². The van der Waals surface area contributed by atoms with Gasteiger partial charge in [0.25, 0.3) is 5.79 Å². The molecule has 2 aromatic rings.